The van der Waals surface area contributed by atoms with Crippen LogP contribution in [-0.4, -0.2) is 23.7 Å². The van der Waals surface area contributed by atoms with Crippen LogP contribution in [0.5, 0.6) is 11.5 Å². The number of Topliss-reactive ketones (excluding diaryl/α,β-unsaturated/α-hetero) is 2. The zero-order chi connectivity index (χ0) is 15.0. The van der Waals surface area contributed by atoms with Crippen LogP contribution in [0.25, 0.3) is 0 Å². The fraction of sp³-hybridized carbons (Fsp3) is 0.200. The fourth-order valence-electron chi connectivity index (χ4n) is 2.15. The van der Waals surface area contributed by atoms with Crippen molar-refractivity contribution in [2.24, 2.45) is 0 Å². The lowest BCUT2D eigenvalue weighted by Crippen LogP contribution is -2.23. The number of hydrogen-bond acceptors (Lipinski definition) is 4. The molecule has 0 fully saturated rings. The van der Waals surface area contributed by atoms with E-state index in [1.807, 2.05) is 0 Å². The normalized spacial score (nSPS) is 19.8. The molecule has 1 atom stereocenters. The number of carbonyl (C=O) groups excluding carboxylic acids is 2. The second kappa shape index (κ2) is 5.54. The molecule has 2 aliphatic rings. The Morgan fingerprint density at radius 2 is 1.90 bits per heavy atom. The van der Waals surface area contributed by atoms with Crippen molar-refractivity contribution in [1.82, 2.24) is 0 Å². The lowest BCUT2D eigenvalue weighted by Gasteiger charge is -2.15. The number of carbonyl (C=O) groups is 2. The maximum Gasteiger partial charge on any atom is 0.233 e. The summed E-state index contributed by atoms with van der Waals surface area (Å²) in [5.74, 6) is -0.291. The van der Waals surface area contributed by atoms with Crippen molar-refractivity contribution in [3.8, 4) is 11.5 Å². The predicted molar refractivity (Wildman–Crippen MR) is 78.2 cm³/mol. The van der Waals surface area contributed by atoms with Gasteiger partial charge >= 0.3 is 0 Å². The Balaban J connectivity index is 1.88. The lowest BCUT2D eigenvalue weighted by atomic mass is 9.95. The molecule has 3 rings (SSSR count). The molecular weight excluding hydrogens is 315 g/mol. The van der Waals surface area contributed by atoms with Crippen molar-refractivity contribution in [3.63, 3.8) is 0 Å². The monoisotopic (exact) mass is 324 g/mol. The summed E-state index contributed by atoms with van der Waals surface area (Å²) in [4.78, 5) is 24.6. The zero-order valence-corrected chi connectivity index (χ0v) is 12.3. The highest BCUT2D eigenvalue weighted by Gasteiger charge is 2.28. The van der Waals surface area contributed by atoms with Gasteiger partial charge < -0.3 is 9.47 Å². The molecule has 1 aliphatic heterocycles. The Labute approximate surface area is 130 Å². The van der Waals surface area contributed by atoms with Gasteiger partial charge in [-0.25, -0.2) is 0 Å². The van der Waals surface area contributed by atoms with E-state index in [9.17, 15) is 9.59 Å². The van der Waals surface area contributed by atoms with Crippen LogP contribution in [0.15, 0.2) is 41.0 Å². The Morgan fingerprint density at radius 3 is 2.71 bits per heavy atom. The third-order valence-corrected chi connectivity index (χ3v) is 3.93. The van der Waals surface area contributed by atoms with Gasteiger partial charge in [-0.2, -0.15) is 0 Å². The van der Waals surface area contributed by atoms with E-state index in [2.05, 4.69) is 0 Å². The number of ether oxygens (including phenoxy) is 2. The first-order chi connectivity index (χ1) is 10.1. The molecule has 1 aromatic carbocycles. The van der Waals surface area contributed by atoms with E-state index in [0.717, 1.165) is 0 Å². The number of benzene rings is 1. The molecule has 1 unspecified atom stereocenters. The minimum atomic E-state index is -0.653. The number of hydrogen-bond donors (Lipinski definition) is 0. The number of rotatable bonds is 3. The molecule has 1 aromatic rings. The number of halogens is 2. The van der Waals surface area contributed by atoms with E-state index in [1.165, 1.54) is 18.2 Å². The smallest absolute Gasteiger partial charge is 0.233 e. The van der Waals surface area contributed by atoms with Gasteiger partial charge in [0.25, 0.3) is 0 Å². The molecule has 1 aliphatic carbocycles. The van der Waals surface area contributed by atoms with Gasteiger partial charge in [0.15, 0.2) is 11.5 Å². The van der Waals surface area contributed by atoms with Crippen molar-refractivity contribution < 1.29 is 19.1 Å². The van der Waals surface area contributed by atoms with Crippen LogP contribution in [0.1, 0.15) is 16.8 Å². The van der Waals surface area contributed by atoms with Gasteiger partial charge in [0.2, 0.25) is 18.4 Å². The summed E-state index contributed by atoms with van der Waals surface area (Å²) in [5.41, 5.74) is 0.450. The van der Waals surface area contributed by atoms with Gasteiger partial charge in [0.05, 0.1) is 5.38 Å². The molecule has 0 saturated carbocycles. The maximum atomic E-state index is 12.3. The highest BCUT2D eigenvalue weighted by molar-refractivity contribution is 6.51. The van der Waals surface area contributed by atoms with Crippen molar-refractivity contribution in [2.75, 3.05) is 6.79 Å². The van der Waals surface area contributed by atoms with E-state index in [1.54, 1.807) is 12.1 Å². The summed E-state index contributed by atoms with van der Waals surface area (Å²) in [6, 6.07) is 4.62. The van der Waals surface area contributed by atoms with E-state index < -0.39 is 16.9 Å². The first-order valence-corrected chi connectivity index (χ1v) is 7.07. The predicted octanol–water partition coefficient (Wildman–Crippen LogP) is 3.23. The second-order valence-corrected chi connectivity index (χ2v) is 5.58. The van der Waals surface area contributed by atoms with E-state index in [-0.39, 0.29) is 17.9 Å². The second-order valence-electron chi connectivity index (χ2n) is 4.62. The molecule has 0 saturated heterocycles. The SMILES string of the molecule is O=C(C(=O)c1ccc2c(c1)OCO2)C1=CC(Cl)=CCC1Cl. The summed E-state index contributed by atoms with van der Waals surface area (Å²) < 4.78 is 10.4. The van der Waals surface area contributed by atoms with Crippen LogP contribution in [0.4, 0.5) is 0 Å². The lowest BCUT2D eigenvalue weighted by molar-refractivity contribution is -0.112. The van der Waals surface area contributed by atoms with E-state index in [0.29, 0.717) is 23.0 Å². The average Bonchev–Trinajstić information content (AvgIpc) is 2.95. The summed E-state index contributed by atoms with van der Waals surface area (Å²) >= 11 is 12.0. The quantitative estimate of drug-likeness (QED) is 0.486. The standard InChI is InChI=1S/C15H10Cl2O4/c16-9-2-3-11(17)10(6-9)15(19)14(18)8-1-4-12-13(5-8)21-7-20-12/h1-2,4-6,11H,3,7H2. The molecule has 4 nitrogen and oxygen atoms in total. The van der Waals surface area contributed by atoms with Crippen LogP contribution in [0.3, 0.4) is 0 Å². The highest BCUT2D eigenvalue weighted by atomic mass is 35.5. The van der Waals surface area contributed by atoms with Gasteiger partial charge in [-0.3, -0.25) is 9.59 Å². The Hall–Kier alpha value is -1.78. The molecule has 1 heterocycles. The number of alkyl halides is 1. The molecule has 0 radical (unpaired) electrons. The minimum Gasteiger partial charge on any atom is -0.454 e. The van der Waals surface area contributed by atoms with Crippen LogP contribution in [0.2, 0.25) is 0 Å². The largest absolute Gasteiger partial charge is 0.454 e. The van der Waals surface area contributed by atoms with Gasteiger partial charge in [0, 0.05) is 16.2 Å². The molecule has 21 heavy (non-hydrogen) atoms. The molecule has 0 N–H and O–H groups in total. The number of ketones is 2. The third-order valence-electron chi connectivity index (χ3n) is 3.25. The van der Waals surface area contributed by atoms with Crippen LogP contribution < -0.4 is 9.47 Å². The molecule has 0 amide bonds. The number of allylic oxidation sites excluding steroid dienone is 4. The molecular formula is C15H10Cl2O4. The van der Waals surface area contributed by atoms with Crippen LogP contribution >= 0.6 is 23.2 Å². The minimum absolute atomic E-state index is 0.107. The van der Waals surface area contributed by atoms with Crippen molar-refractivity contribution in [1.29, 1.82) is 0 Å². The van der Waals surface area contributed by atoms with E-state index in [4.69, 9.17) is 32.7 Å². The summed E-state index contributed by atoms with van der Waals surface area (Å²) in [7, 11) is 0. The topological polar surface area (TPSA) is 52.6 Å². The van der Waals surface area contributed by atoms with Crippen LogP contribution in [0, 0.1) is 0 Å². The summed E-state index contributed by atoms with van der Waals surface area (Å²) in [5, 5.41) is -0.133. The Morgan fingerprint density at radius 1 is 1.14 bits per heavy atom. The molecule has 0 aromatic heterocycles. The van der Waals surface area contributed by atoms with Gasteiger partial charge in [-0.1, -0.05) is 17.7 Å². The van der Waals surface area contributed by atoms with Crippen LogP contribution in [-0.2, 0) is 4.79 Å². The van der Waals surface area contributed by atoms with Gasteiger partial charge in [-0.05, 0) is 30.7 Å². The first-order valence-electron chi connectivity index (χ1n) is 6.26. The molecule has 0 bridgehead atoms. The van der Waals surface area contributed by atoms with Gasteiger partial charge in [0.1, 0.15) is 0 Å². The fourth-order valence-corrected chi connectivity index (χ4v) is 2.61. The average molecular weight is 325 g/mol. The van der Waals surface area contributed by atoms with E-state index >= 15 is 0 Å². The first kappa shape index (κ1) is 14.2. The Bertz CT molecular complexity index is 691. The summed E-state index contributed by atoms with van der Waals surface area (Å²) in [6.07, 6.45) is 3.57. The summed E-state index contributed by atoms with van der Waals surface area (Å²) in [6.45, 7) is 0.107. The molecule has 0 spiro atoms. The Kier molecular flexibility index (Phi) is 3.74. The number of fused-ring (bicyclic) bond motifs is 1. The maximum absolute atomic E-state index is 12.3. The zero-order valence-electron chi connectivity index (χ0n) is 10.8. The van der Waals surface area contributed by atoms with Crippen molar-refractivity contribution in [2.45, 2.75) is 11.8 Å². The highest BCUT2D eigenvalue weighted by Crippen LogP contribution is 2.33. The third kappa shape index (κ3) is 2.69. The van der Waals surface area contributed by atoms with Crippen molar-refractivity contribution >= 4 is 34.8 Å². The molecule has 6 heteroatoms. The van der Waals surface area contributed by atoms with Gasteiger partial charge in [-0.15, -0.1) is 11.6 Å². The van der Waals surface area contributed by atoms with Crippen molar-refractivity contribution in [3.05, 3.63) is 46.5 Å². The molecule has 108 valence electrons.